The van der Waals surface area contributed by atoms with E-state index in [-0.39, 0.29) is 16.7 Å². The van der Waals surface area contributed by atoms with Crippen LogP contribution in [0.25, 0.3) is 0 Å². The molecule has 128 valence electrons. The largest absolute Gasteiger partial charge is 0.300 e. The molecule has 0 bridgehead atoms. The molecule has 0 radical (unpaired) electrons. The molecular weight excluding hydrogens is 287 g/mol. The number of alkyl halides is 1. The van der Waals surface area contributed by atoms with Crippen molar-refractivity contribution in [1.29, 1.82) is 0 Å². The third-order valence-electron chi connectivity index (χ3n) is 8.53. The van der Waals surface area contributed by atoms with Crippen LogP contribution in [0.15, 0.2) is 11.6 Å². The predicted molar refractivity (Wildman–Crippen MR) is 90.8 cm³/mol. The zero-order chi connectivity index (χ0) is 16.4. The van der Waals surface area contributed by atoms with Crippen molar-refractivity contribution in [2.45, 2.75) is 78.3 Å². The van der Waals surface area contributed by atoms with E-state index in [0.717, 1.165) is 37.5 Å². The number of hydrogen-bond acceptors (Lipinski definition) is 1. The molecule has 2 heteroatoms. The Labute approximate surface area is 140 Å². The zero-order valence-corrected chi connectivity index (χ0v) is 14.9. The minimum absolute atomic E-state index is 0.228. The first-order valence-corrected chi connectivity index (χ1v) is 9.70. The Morgan fingerprint density at radius 3 is 2.65 bits per heavy atom. The van der Waals surface area contributed by atoms with Gasteiger partial charge in [-0.05, 0) is 80.5 Å². The maximum Gasteiger partial charge on any atom is 0.133 e. The van der Waals surface area contributed by atoms with Gasteiger partial charge in [0.05, 0.1) is 0 Å². The molecule has 0 aromatic carbocycles. The maximum atomic E-state index is 13.9. The van der Waals surface area contributed by atoms with Gasteiger partial charge in [0.1, 0.15) is 12.0 Å². The van der Waals surface area contributed by atoms with Crippen LogP contribution in [0.5, 0.6) is 0 Å². The highest BCUT2D eigenvalue weighted by molar-refractivity contribution is 5.79. The summed E-state index contributed by atoms with van der Waals surface area (Å²) in [4.78, 5) is 12.1. The number of Topliss-reactive ketones (excluding diaryl/α,β-unsaturated/α-hetero) is 1. The maximum absolute atomic E-state index is 13.9. The molecule has 4 aliphatic carbocycles. The highest BCUT2D eigenvalue weighted by Crippen LogP contribution is 2.66. The van der Waals surface area contributed by atoms with Gasteiger partial charge in [0.2, 0.25) is 0 Å². The average Bonchev–Trinajstić information content (AvgIpc) is 2.85. The van der Waals surface area contributed by atoms with Crippen LogP contribution in [0.1, 0.15) is 72.1 Å². The van der Waals surface area contributed by atoms with Gasteiger partial charge >= 0.3 is 0 Å². The van der Waals surface area contributed by atoms with E-state index in [1.165, 1.54) is 24.8 Å². The highest BCUT2D eigenvalue weighted by atomic mass is 19.1. The molecule has 23 heavy (non-hydrogen) atoms. The van der Waals surface area contributed by atoms with Crippen LogP contribution in [0, 0.1) is 34.5 Å². The van der Waals surface area contributed by atoms with Gasteiger partial charge in [0, 0.05) is 12.3 Å². The number of carbonyl (C=O) groups excluding carboxylic acids is 1. The van der Waals surface area contributed by atoms with Crippen molar-refractivity contribution in [1.82, 2.24) is 0 Å². The summed E-state index contributed by atoms with van der Waals surface area (Å²) in [7, 11) is 0. The fourth-order valence-corrected chi connectivity index (χ4v) is 7.28. The van der Waals surface area contributed by atoms with Crippen molar-refractivity contribution >= 4 is 5.78 Å². The van der Waals surface area contributed by atoms with Gasteiger partial charge in [-0.25, -0.2) is 4.39 Å². The summed E-state index contributed by atoms with van der Waals surface area (Å²) in [5.74, 6) is 2.84. The van der Waals surface area contributed by atoms with E-state index < -0.39 is 6.17 Å². The summed E-state index contributed by atoms with van der Waals surface area (Å²) in [6, 6.07) is 0. The van der Waals surface area contributed by atoms with Crippen molar-refractivity contribution in [2.75, 3.05) is 0 Å². The first-order chi connectivity index (χ1) is 10.9. The second kappa shape index (κ2) is 5.17. The lowest BCUT2D eigenvalue weighted by Crippen LogP contribution is -2.50. The molecule has 3 fully saturated rings. The summed E-state index contributed by atoms with van der Waals surface area (Å²) < 4.78 is 13.9. The van der Waals surface area contributed by atoms with Crippen LogP contribution in [-0.4, -0.2) is 12.0 Å². The normalized spacial score (nSPS) is 52.2. The minimum atomic E-state index is -0.617. The molecule has 7 atom stereocenters. The SMILES string of the molecule is CC(=O)C1CCC2C3CC=C4C[C@@H](F)CCC4(C)C3CC[C@]12C. The topological polar surface area (TPSA) is 17.1 Å². The van der Waals surface area contributed by atoms with Crippen LogP contribution in [0.4, 0.5) is 4.39 Å². The van der Waals surface area contributed by atoms with Crippen LogP contribution in [0.3, 0.4) is 0 Å². The summed E-state index contributed by atoms with van der Waals surface area (Å²) in [6.45, 7) is 6.61. The quantitative estimate of drug-likeness (QED) is 0.584. The summed E-state index contributed by atoms with van der Waals surface area (Å²) in [5, 5.41) is 0. The number of rotatable bonds is 1. The standard InChI is InChI=1S/C21H31FO/c1-13(23)17-6-7-18-16-5-4-14-12-15(22)8-10-20(14,2)19(16)9-11-21(17,18)3/h4,15-19H,5-12H2,1-3H3/t15-,16?,17?,18?,19?,20?,21+/m0/s1. The van der Waals surface area contributed by atoms with Gasteiger partial charge in [-0.1, -0.05) is 25.5 Å². The van der Waals surface area contributed by atoms with E-state index in [0.29, 0.717) is 18.1 Å². The summed E-state index contributed by atoms with van der Waals surface area (Å²) in [6.07, 6.45) is 10.1. The van der Waals surface area contributed by atoms with Gasteiger partial charge in [-0.2, -0.15) is 0 Å². The Morgan fingerprint density at radius 2 is 1.91 bits per heavy atom. The molecule has 1 nitrogen and oxygen atoms in total. The zero-order valence-electron chi connectivity index (χ0n) is 14.9. The van der Waals surface area contributed by atoms with E-state index in [2.05, 4.69) is 19.9 Å². The van der Waals surface area contributed by atoms with Crippen LogP contribution >= 0.6 is 0 Å². The third kappa shape index (κ3) is 2.12. The third-order valence-corrected chi connectivity index (χ3v) is 8.53. The van der Waals surface area contributed by atoms with Crippen molar-refractivity contribution < 1.29 is 9.18 Å². The lowest BCUT2D eigenvalue weighted by molar-refractivity contribution is -0.127. The van der Waals surface area contributed by atoms with Gasteiger partial charge in [-0.3, -0.25) is 4.79 Å². The Kier molecular flexibility index (Phi) is 3.56. The molecule has 0 N–H and O–H groups in total. The van der Waals surface area contributed by atoms with Crippen molar-refractivity contribution in [3.8, 4) is 0 Å². The number of ketones is 1. The fourth-order valence-electron chi connectivity index (χ4n) is 7.28. The molecule has 0 spiro atoms. The number of carbonyl (C=O) groups is 1. The van der Waals surface area contributed by atoms with Gasteiger partial charge in [-0.15, -0.1) is 0 Å². The number of halogens is 1. The van der Waals surface area contributed by atoms with Gasteiger partial charge in [0.25, 0.3) is 0 Å². The molecule has 0 aromatic heterocycles. The Bertz CT molecular complexity index is 552. The Balaban J connectivity index is 1.66. The lowest BCUT2D eigenvalue weighted by atomic mass is 9.47. The van der Waals surface area contributed by atoms with Crippen molar-refractivity contribution in [2.24, 2.45) is 34.5 Å². The molecule has 0 aromatic rings. The monoisotopic (exact) mass is 318 g/mol. The predicted octanol–water partition coefficient (Wildman–Crippen LogP) is 5.49. The Hall–Kier alpha value is -0.660. The first-order valence-electron chi connectivity index (χ1n) is 9.70. The second-order valence-corrected chi connectivity index (χ2v) is 9.38. The molecule has 0 saturated heterocycles. The van der Waals surface area contributed by atoms with Crippen LogP contribution in [0.2, 0.25) is 0 Å². The lowest BCUT2D eigenvalue weighted by Gasteiger charge is -2.57. The van der Waals surface area contributed by atoms with Crippen molar-refractivity contribution in [3.63, 3.8) is 0 Å². The Morgan fingerprint density at radius 1 is 1.13 bits per heavy atom. The molecular formula is C21H31FO. The van der Waals surface area contributed by atoms with E-state index in [4.69, 9.17) is 0 Å². The number of fused-ring (bicyclic) bond motifs is 5. The van der Waals surface area contributed by atoms with Crippen LogP contribution in [-0.2, 0) is 4.79 Å². The van der Waals surface area contributed by atoms with E-state index in [1.807, 2.05) is 0 Å². The number of hydrogen-bond donors (Lipinski definition) is 0. The van der Waals surface area contributed by atoms with E-state index in [1.54, 1.807) is 6.92 Å². The molecule has 0 amide bonds. The van der Waals surface area contributed by atoms with E-state index >= 15 is 0 Å². The molecule has 0 aliphatic heterocycles. The molecule has 3 saturated carbocycles. The molecule has 0 heterocycles. The van der Waals surface area contributed by atoms with Gasteiger partial charge in [0.15, 0.2) is 0 Å². The van der Waals surface area contributed by atoms with Crippen molar-refractivity contribution in [3.05, 3.63) is 11.6 Å². The summed E-state index contributed by atoms with van der Waals surface area (Å²) in [5.41, 5.74) is 1.88. The minimum Gasteiger partial charge on any atom is -0.300 e. The molecule has 4 aliphatic rings. The second-order valence-electron chi connectivity index (χ2n) is 9.38. The first kappa shape index (κ1) is 15.8. The molecule has 5 unspecified atom stereocenters. The highest BCUT2D eigenvalue weighted by Gasteiger charge is 2.59. The molecule has 4 rings (SSSR count). The smallest absolute Gasteiger partial charge is 0.133 e. The summed E-state index contributed by atoms with van der Waals surface area (Å²) >= 11 is 0. The average molecular weight is 318 g/mol. The van der Waals surface area contributed by atoms with E-state index in [9.17, 15) is 9.18 Å². The van der Waals surface area contributed by atoms with Crippen LogP contribution < -0.4 is 0 Å². The fraction of sp³-hybridized carbons (Fsp3) is 0.857. The number of allylic oxidation sites excluding steroid dienone is 2. The van der Waals surface area contributed by atoms with Gasteiger partial charge < -0.3 is 0 Å².